The predicted molar refractivity (Wildman–Crippen MR) is 119 cm³/mol. The van der Waals surface area contributed by atoms with Crippen LogP contribution in [-0.2, 0) is 9.53 Å². The first-order valence-corrected chi connectivity index (χ1v) is 11.0. The summed E-state index contributed by atoms with van der Waals surface area (Å²) in [6.07, 6.45) is 3.97. The van der Waals surface area contributed by atoms with Crippen molar-refractivity contribution in [2.75, 3.05) is 17.7 Å². The highest BCUT2D eigenvalue weighted by Crippen LogP contribution is 2.40. The average Bonchev–Trinajstić information content (AvgIpc) is 3.13. The van der Waals surface area contributed by atoms with E-state index in [1.54, 1.807) is 4.90 Å². The fraction of sp³-hybridized carbons (Fsp3) is 0.478. The topological polar surface area (TPSA) is 72.6 Å². The number of nitrogen functional groups attached to an aromatic ring is 1. The van der Waals surface area contributed by atoms with Crippen molar-refractivity contribution in [2.24, 2.45) is 11.8 Å². The quantitative estimate of drug-likeness (QED) is 0.529. The molecule has 5 nitrogen and oxygen atoms in total. The van der Waals surface area contributed by atoms with Crippen LogP contribution in [0.5, 0.6) is 0 Å². The zero-order chi connectivity index (χ0) is 21.1. The van der Waals surface area contributed by atoms with Crippen molar-refractivity contribution < 1.29 is 14.3 Å². The van der Waals surface area contributed by atoms with Crippen LogP contribution in [0.1, 0.15) is 56.1 Å². The number of nitrogens with two attached hydrogens (primary N) is 1. The standard InChI is InChI=1S/C23H30N2O3S/c1-14(2)25(22(26)17-7-5-15(3)6-8-17)19-13-20(29-21(19)23(27)28-4)16-9-11-18(24)12-10-16/h9-15,17H,5-8,24H2,1-4H3. The Morgan fingerprint density at radius 1 is 1.14 bits per heavy atom. The third kappa shape index (κ3) is 4.64. The fourth-order valence-electron chi connectivity index (χ4n) is 3.94. The first-order chi connectivity index (χ1) is 13.8. The van der Waals surface area contributed by atoms with Crippen molar-refractivity contribution in [1.82, 2.24) is 0 Å². The van der Waals surface area contributed by atoms with E-state index < -0.39 is 5.97 Å². The minimum Gasteiger partial charge on any atom is -0.465 e. The maximum Gasteiger partial charge on any atom is 0.350 e. The summed E-state index contributed by atoms with van der Waals surface area (Å²) >= 11 is 1.35. The van der Waals surface area contributed by atoms with E-state index in [1.807, 2.05) is 44.2 Å². The molecular weight excluding hydrogens is 384 g/mol. The van der Waals surface area contributed by atoms with Crippen LogP contribution < -0.4 is 10.6 Å². The number of carbonyl (C=O) groups excluding carboxylic acids is 2. The van der Waals surface area contributed by atoms with Crippen molar-refractivity contribution in [1.29, 1.82) is 0 Å². The van der Waals surface area contributed by atoms with E-state index >= 15 is 0 Å². The summed E-state index contributed by atoms with van der Waals surface area (Å²) in [5, 5.41) is 0. The van der Waals surface area contributed by atoms with Gasteiger partial charge in [0.05, 0.1) is 12.8 Å². The lowest BCUT2D eigenvalue weighted by Gasteiger charge is -2.33. The molecule has 6 heteroatoms. The molecule has 29 heavy (non-hydrogen) atoms. The summed E-state index contributed by atoms with van der Waals surface area (Å²) in [7, 11) is 1.37. The summed E-state index contributed by atoms with van der Waals surface area (Å²) in [4.78, 5) is 29.2. The molecule has 0 radical (unpaired) electrons. The third-order valence-electron chi connectivity index (χ3n) is 5.66. The Morgan fingerprint density at radius 2 is 1.76 bits per heavy atom. The molecule has 1 aromatic carbocycles. The summed E-state index contributed by atoms with van der Waals surface area (Å²) in [5.41, 5.74) is 8.10. The number of benzene rings is 1. The molecule has 0 bridgehead atoms. The van der Waals surface area contributed by atoms with E-state index in [1.165, 1.54) is 18.4 Å². The van der Waals surface area contributed by atoms with Crippen molar-refractivity contribution >= 4 is 34.6 Å². The number of esters is 1. The van der Waals surface area contributed by atoms with Gasteiger partial charge < -0.3 is 15.4 Å². The largest absolute Gasteiger partial charge is 0.465 e. The van der Waals surface area contributed by atoms with E-state index in [-0.39, 0.29) is 17.9 Å². The summed E-state index contributed by atoms with van der Waals surface area (Å²) in [6.45, 7) is 6.23. The van der Waals surface area contributed by atoms with Gasteiger partial charge in [-0.05, 0) is 69.2 Å². The molecule has 0 spiro atoms. The van der Waals surface area contributed by atoms with Crippen LogP contribution >= 0.6 is 11.3 Å². The molecular formula is C23H30N2O3S. The fourth-order valence-corrected chi connectivity index (χ4v) is 5.02. The van der Waals surface area contributed by atoms with Crippen molar-refractivity contribution in [3.8, 4) is 10.4 Å². The van der Waals surface area contributed by atoms with Crippen molar-refractivity contribution in [3.63, 3.8) is 0 Å². The number of hydrogen-bond donors (Lipinski definition) is 1. The van der Waals surface area contributed by atoms with Crippen LogP contribution in [0, 0.1) is 11.8 Å². The number of ether oxygens (including phenoxy) is 1. The van der Waals surface area contributed by atoms with E-state index in [0.29, 0.717) is 22.2 Å². The number of thiophene rings is 1. The van der Waals surface area contributed by atoms with Crippen LogP contribution in [0.4, 0.5) is 11.4 Å². The van der Waals surface area contributed by atoms with E-state index in [2.05, 4.69) is 6.92 Å². The normalized spacial score (nSPS) is 19.2. The zero-order valence-electron chi connectivity index (χ0n) is 17.6. The Labute approximate surface area is 176 Å². The molecule has 0 unspecified atom stereocenters. The average molecular weight is 415 g/mol. The number of hydrogen-bond acceptors (Lipinski definition) is 5. The lowest BCUT2D eigenvalue weighted by Crippen LogP contribution is -2.42. The lowest BCUT2D eigenvalue weighted by atomic mass is 9.82. The zero-order valence-corrected chi connectivity index (χ0v) is 18.4. The molecule has 2 N–H and O–H groups in total. The number of carbonyl (C=O) groups is 2. The summed E-state index contributed by atoms with van der Waals surface area (Å²) in [5.74, 6) is 0.385. The monoisotopic (exact) mass is 414 g/mol. The van der Waals surface area contributed by atoms with Gasteiger partial charge in [0.25, 0.3) is 0 Å². The first kappa shape index (κ1) is 21.4. The molecule has 156 valence electrons. The van der Waals surface area contributed by atoms with Crippen molar-refractivity contribution in [2.45, 2.75) is 52.5 Å². The minimum absolute atomic E-state index is 0.0129. The van der Waals surface area contributed by atoms with Gasteiger partial charge in [0, 0.05) is 22.5 Å². The second kappa shape index (κ2) is 8.99. The van der Waals surface area contributed by atoms with Crippen molar-refractivity contribution in [3.05, 3.63) is 35.2 Å². The second-order valence-electron chi connectivity index (χ2n) is 8.20. The highest BCUT2D eigenvalue weighted by molar-refractivity contribution is 7.18. The maximum absolute atomic E-state index is 13.5. The van der Waals surface area contributed by atoms with Gasteiger partial charge in [-0.3, -0.25) is 4.79 Å². The lowest BCUT2D eigenvalue weighted by molar-refractivity contribution is -0.123. The summed E-state index contributed by atoms with van der Waals surface area (Å²) < 4.78 is 5.03. The molecule has 3 rings (SSSR count). The minimum atomic E-state index is -0.414. The number of anilines is 2. The Morgan fingerprint density at radius 3 is 2.31 bits per heavy atom. The molecule has 1 saturated carbocycles. The van der Waals surface area contributed by atoms with Gasteiger partial charge >= 0.3 is 5.97 Å². The SMILES string of the molecule is COC(=O)c1sc(-c2ccc(N)cc2)cc1N(C(=O)C1CCC(C)CC1)C(C)C. The molecule has 1 heterocycles. The van der Waals surface area contributed by atoms with Gasteiger partial charge in [-0.1, -0.05) is 19.1 Å². The van der Waals surface area contributed by atoms with E-state index in [0.717, 1.165) is 36.1 Å². The van der Waals surface area contributed by atoms with Gasteiger partial charge in [0.15, 0.2) is 0 Å². The molecule has 0 saturated heterocycles. The van der Waals surface area contributed by atoms with Gasteiger partial charge in [-0.25, -0.2) is 4.79 Å². The molecule has 1 aromatic heterocycles. The molecule has 1 aliphatic rings. The molecule has 1 amide bonds. The summed E-state index contributed by atoms with van der Waals surface area (Å²) in [6, 6.07) is 9.40. The molecule has 1 fully saturated rings. The van der Waals surface area contributed by atoms with Crippen LogP contribution in [0.25, 0.3) is 10.4 Å². The second-order valence-corrected chi connectivity index (χ2v) is 9.25. The van der Waals surface area contributed by atoms with Gasteiger partial charge in [0.2, 0.25) is 5.91 Å². The Kier molecular flexibility index (Phi) is 6.63. The van der Waals surface area contributed by atoms with E-state index in [4.69, 9.17) is 10.5 Å². The Balaban J connectivity index is 2.01. The van der Waals surface area contributed by atoms with E-state index in [9.17, 15) is 9.59 Å². The first-order valence-electron chi connectivity index (χ1n) is 10.2. The van der Waals surface area contributed by atoms with Crippen LogP contribution in [0.15, 0.2) is 30.3 Å². The number of amides is 1. The molecule has 0 aliphatic heterocycles. The number of nitrogens with zero attached hydrogens (tertiary/aromatic N) is 1. The Bertz CT molecular complexity index is 865. The Hall–Kier alpha value is -2.34. The molecule has 1 aliphatic carbocycles. The van der Waals surface area contributed by atoms with Gasteiger partial charge in [-0.15, -0.1) is 11.3 Å². The number of rotatable bonds is 5. The smallest absolute Gasteiger partial charge is 0.350 e. The molecule has 0 atom stereocenters. The maximum atomic E-state index is 13.5. The highest BCUT2D eigenvalue weighted by atomic mass is 32.1. The van der Waals surface area contributed by atoms with Gasteiger partial charge in [-0.2, -0.15) is 0 Å². The van der Waals surface area contributed by atoms with Gasteiger partial charge in [0.1, 0.15) is 4.88 Å². The number of methoxy groups -OCH3 is 1. The molecule has 2 aromatic rings. The van der Waals surface area contributed by atoms with Crippen LogP contribution in [0.2, 0.25) is 0 Å². The van der Waals surface area contributed by atoms with Crippen LogP contribution in [0.3, 0.4) is 0 Å². The highest BCUT2D eigenvalue weighted by Gasteiger charge is 2.33. The van der Waals surface area contributed by atoms with Crippen LogP contribution in [-0.4, -0.2) is 25.0 Å². The predicted octanol–water partition coefficient (Wildman–Crippen LogP) is 5.35. The third-order valence-corrected chi connectivity index (χ3v) is 6.81.